The lowest BCUT2D eigenvalue weighted by molar-refractivity contribution is 0.0898. The molecule has 2 unspecified atom stereocenters. The number of Topliss-reactive ketones (excluding diaryl/α,β-unsaturated/α-hetero) is 1. The number of thiocarbonyl (C=S) groups is 1. The van der Waals surface area contributed by atoms with Gasteiger partial charge in [-0.15, -0.1) is 11.8 Å². The molecular formula is C17H22O2S3. The van der Waals surface area contributed by atoms with Gasteiger partial charge in [0.2, 0.25) is 4.38 Å². The summed E-state index contributed by atoms with van der Waals surface area (Å²) in [4.78, 5) is 12.7. The maximum atomic E-state index is 12.7. The van der Waals surface area contributed by atoms with Crippen LogP contribution in [0.4, 0.5) is 0 Å². The minimum absolute atomic E-state index is 0.107. The molecule has 0 saturated heterocycles. The van der Waals surface area contributed by atoms with Crippen LogP contribution in [0.2, 0.25) is 0 Å². The molecular weight excluding hydrogens is 332 g/mol. The molecule has 1 aliphatic rings. The van der Waals surface area contributed by atoms with Crippen LogP contribution in [0, 0.1) is 5.92 Å². The molecule has 0 radical (unpaired) electrons. The van der Waals surface area contributed by atoms with Crippen molar-refractivity contribution in [2.45, 2.75) is 37.7 Å². The van der Waals surface area contributed by atoms with Gasteiger partial charge in [-0.2, -0.15) is 0 Å². The van der Waals surface area contributed by atoms with Crippen molar-refractivity contribution in [2.24, 2.45) is 5.92 Å². The first kappa shape index (κ1) is 17.8. The first-order valence-electron chi connectivity index (χ1n) is 7.72. The highest BCUT2D eigenvalue weighted by atomic mass is 32.2. The van der Waals surface area contributed by atoms with Crippen LogP contribution in [0.1, 0.15) is 42.6 Å². The maximum Gasteiger partial charge on any atom is 0.221 e. The van der Waals surface area contributed by atoms with Gasteiger partial charge in [-0.25, -0.2) is 0 Å². The SMILES string of the molecule is CCOC(=S)SC(CC1CCc2ccccc2C1=O)SCC. The van der Waals surface area contributed by atoms with Crippen LogP contribution in [0.25, 0.3) is 0 Å². The van der Waals surface area contributed by atoms with Gasteiger partial charge in [0.1, 0.15) is 0 Å². The molecule has 0 bridgehead atoms. The van der Waals surface area contributed by atoms with E-state index in [1.54, 1.807) is 11.8 Å². The molecule has 2 atom stereocenters. The molecule has 0 aromatic heterocycles. The van der Waals surface area contributed by atoms with E-state index in [0.29, 0.717) is 21.4 Å². The average molecular weight is 355 g/mol. The van der Waals surface area contributed by atoms with Gasteiger partial charge < -0.3 is 4.74 Å². The van der Waals surface area contributed by atoms with Gasteiger partial charge in [-0.05, 0) is 49.7 Å². The number of fused-ring (bicyclic) bond motifs is 1. The molecule has 1 aromatic rings. The monoisotopic (exact) mass is 354 g/mol. The molecule has 0 aliphatic heterocycles. The summed E-state index contributed by atoms with van der Waals surface area (Å²) < 4.78 is 6.28. The van der Waals surface area contributed by atoms with E-state index in [-0.39, 0.29) is 5.92 Å². The molecule has 22 heavy (non-hydrogen) atoms. The normalized spacial score (nSPS) is 18.6. The van der Waals surface area contributed by atoms with Crippen LogP contribution < -0.4 is 0 Å². The molecule has 1 aliphatic carbocycles. The Morgan fingerprint density at radius 2 is 2.18 bits per heavy atom. The van der Waals surface area contributed by atoms with Crippen molar-refractivity contribution >= 4 is 45.9 Å². The van der Waals surface area contributed by atoms with Crippen molar-refractivity contribution in [3.05, 3.63) is 35.4 Å². The zero-order chi connectivity index (χ0) is 15.9. The Hall–Kier alpha value is -0.520. The Balaban J connectivity index is 2.01. The van der Waals surface area contributed by atoms with Crippen molar-refractivity contribution in [1.29, 1.82) is 0 Å². The fraction of sp³-hybridized carbons (Fsp3) is 0.529. The molecule has 0 amide bonds. The van der Waals surface area contributed by atoms with Gasteiger partial charge in [0.15, 0.2) is 5.78 Å². The number of ether oxygens (including phenoxy) is 1. The summed E-state index contributed by atoms with van der Waals surface area (Å²) in [5.41, 5.74) is 2.11. The third kappa shape index (κ3) is 4.74. The van der Waals surface area contributed by atoms with Crippen molar-refractivity contribution < 1.29 is 9.53 Å². The van der Waals surface area contributed by atoms with E-state index in [0.717, 1.165) is 30.6 Å². The third-order valence-electron chi connectivity index (χ3n) is 3.74. The number of hydrogen-bond donors (Lipinski definition) is 0. The number of aryl methyl sites for hydroxylation is 1. The predicted octanol–water partition coefficient (Wildman–Crippen LogP) is 4.96. The van der Waals surface area contributed by atoms with Crippen LogP contribution in [0.3, 0.4) is 0 Å². The van der Waals surface area contributed by atoms with Crippen molar-refractivity contribution in [2.75, 3.05) is 12.4 Å². The fourth-order valence-corrected chi connectivity index (χ4v) is 5.77. The summed E-state index contributed by atoms with van der Waals surface area (Å²) in [5, 5.41) is 0. The molecule has 0 N–H and O–H groups in total. The van der Waals surface area contributed by atoms with Crippen LogP contribution in [-0.2, 0) is 11.2 Å². The molecule has 0 saturated carbocycles. The quantitative estimate of drug-likeness (QED) is 0.532. The lowest BCUT2D eigenvalue weighted by atomic mass is 9.81. The molecule has 5 heteroatoms. The average Bonchev–Trinajstić information content (AvgIpc) is 2.51. The van der Waals surface area contributed by atoms with E-state index in [1.807, 2.05) is 36.9 Å². The summed E-state index contributed by atoms with van der Waals surface area (Å²) in [6, 6.07) is 8.00. The topological polar surface area (TPSA) is 26.3 Å². The number of hydrogen-bond acceptors (Lipinski definition) is 5. The molecule has 0 fully saturated rings. The Labute approximate surface area is 146 Å². The van der Waals surface area contributed by atoms with E-state index in [9.17, 15) is 4.79 Å². The summed E-state index contributed by atoms with van der Waals surface area (Å²) in [6.45, 7) is 4.68. The van der Waals surface area contributed by atoms with Crippen LogP contribution in [0.15, 0.2) is 24.3 Å². The molecule has 1 aromatic carbocycles. The summed E-state index contributed by atoms with van der Waals surface area (Å²) in [7, 11) is 0. The number of carbonyl (C=O) groups excluding carboxylic acids is 1. The van der Waals surface area contributed by atoms with E-state index in [2.05, 4.69) is 13.0 Å². The molecule has 120 valence electrons. The van der Waals surface area contributed by atoms with E-state index >= 15 is 0 Å². The van der Waals surface area contributed by atoms with E-state index in [4.69, 9.17) is 17.0 Å². The smallest absolute Gasteiger partial charge is 0.221 e. The number of rotatable bonds is 6. The lowest BCUT2D eigenvalue weighted by Crippen LogP contribution is -2.25. The Kier molecular flexibility index (Phi) is 7.25. The first-order chi connectivity index (χ1) is 10.7. The standard InChI is InChI=1S/C17H22O2S3/c1-3-19-17(20)22-15(21-4-2)11-13-10-9-12-7-5-6-8-14(12)16(13)18/h5-8,13,15H,3-4,9-11H2,1-2H3. The zero-order valence-corrected chi connectivity index (χ0v) is 15.5. The summed E-state index contributed by atoms with van der Waals surface area (Å²) >= 11 is 8.69. The van der Waals surface area contributed by atoms with Crippen molar-refractivity contribution in [3.8, 4) is 0 Å². The van der Waals surface area contributed by atoms with Crippen molar-refractivity contribution in [1.82, 2.24) is 0 Å². The number of carbonyl (C=O) groups is 1. The zero-order valence-electron chi connectivity index (χ0n) is 13.0. The van der Waals surface area contributed by atoms with Crippen LogP contribution in [-0.4, -0.2) is 27.1 Å². The minimum Gasteiger partial charge on any atom is -0.479 e. The maximum absolute atomic E-state index is 12.7. The molecule has 0 heterocycles. The largest absolute Gasteiger partial charge is 0.479 e. The van der Waals surface area contributed by atoms with Crippen LogP contribution in [0.5, 0.6) is 0 Å². The summed E-state index contributed by atoms with van der Waals surface area (Å²) in [6.07, 6.45) is 2.80. The highest BCUT2D eigenvalue weighted by molar-refractivity contribution is 8.30. The van der Waals surface area contributed by atoms with Gasteiger partial charge in [0.25, 0.3) is 0 Å². The van der Waals surface area contributed by atoms with Gasteiger partial charge in [0.05, 0.1) is 11.2 Å². The minimum atomic E-state index is 0.107. The molecule has 2 rings (SSSR count). The second kappa shape index (κ2) is 8.94. The van der Waals surface area contributed by atoms with Crippen LogP contribution >= 0.6 is 35.7 Å². The van der Waals surface area contributed by atoms with E-state index in [1.165, 1.54) is 5.56 Å². The number of thioether (sulfide) groups is 2. The van der Waals surface area contributed by atoms with Gasteiger partial charge >= 0.3 is 0 Å². The second-order valence-electron chi connectivity index (χ2n) is 5.18. The van der Waals surface area contributed by atoms with Crippen molar-refractivity contribution in [3.63, 3.8) is 0 Å². The molecule has 0 spiro atoms. The predicted molar refractivity (Wildman–Crippen MR) is 101 cm³/mol. The highest BCUT2D eigenvalue weighted by Gasteiger charge is 2.30. The van der Waals surface area contributed by atoms with Gasteiger partial charge in [0, 0.05) is 11.5 Å². The first-order valence-corrected chi connectivity index (χ1v) is 10.1. The van der Waals surface area contributed by atoms with Gasteiger partial charge in [-0.3, -0.25) is 4.79 Å². The highest BCUT2D eigenvalue weighted by Crippen LogP contribution is 2.36. The summed E-state index contributed by atoms with van der Waals surface area (Å²) in [5.74, 6) is 1.42. The third-order valence-corrected chi connectivity index (χ3v) is 6.50. The fourth-order valence-electron chi connectivity index (χ4n) is 2.71. The molecule has 2 nitrogen and oxygen atoms in total. The Morgan fingerprint density at radius 3 is 2.91 bits per heavy atom. The van der Waals surface area contributed by atoms with Gasteiger partial charge in [-0.1, -0.05) is 43.0 Å². The Bertz CT molecular complexity index is 530. The number of benzene rings is 1. The lowest BCUT2D eigenvalue weighted by Gasteiger charge is -2.26. The Morgan fingerprint density at radius 1 is 1.41 bits per heavy atom. The second-order valence-corrected chi connectivity index (χ2v) is 8.76. The number of ketones is 1. The van der Waals surface area contributed by atoms with E-state index < -0.39 is 0 Å².